The van der Waals surface area contributed by atoms with Gasteiger partial charge >= 0.3 is 0 Å². The zero-order valence-electron chi connectivity index (χ0n) is 10.6. The summed E-state index contributed by atoms with van der Waals surface area (Å²) in [5.41, 5.74) is 6.65. The fourth-order valence-electron chi connectivity index (χ4n) is 2.13. The highest BCUT2D eigenvalue weighted by molar-refractivity contribution is 5.34. The van der Waals surface area contributed by atoms with Crippen molar-refractivity contribution in [1.29, 1.82) is 0 Å². The molecule has 5 nitrogen and oxygen atoms in total. The number of anilines is 1. The van der Waals surface area contributed by atoms with Gasteiger partial charge in [0.25, 0.3) is 0 Å². The van der Waals surface area contributed by atoms with Crippen LogP contribution in [-0.4, -0.2) is 47.8 Å². The highest BCUT2D eigenvalue weighted by Crippen LogP contribution is 2.24. The first-order valence-electron chi connectivity index (χ1n) is 6.18. The lowest BCUT2D eigenvalue weighted by Crippen LogP contribution is -2.25. The first-order valence-corrected chi connectivity index (χ1v) is 6.18. The summed E-state index contributed by atoms with van der Waals surface area (Å²) in [6.07, 6.45) is 1.18. The monoisotopic (exact) mass is 235 g/mol. The van der Waals surface area contributed by atoms with Crippen molar-refractivity contribution >= 4 is 5.82 Å². The van der Waals surface area contributed by atoms with Crippen LogP contribution < -0.4 is 11.1 Å². The highest BCUT2D eigenvalue weighted by Gasteiger charge is 2.22. The van der Waals surface area contributed by atoms with E-state index in [1.165, 1.54) is 6.42 Å². The van der Waals surface area contributed by atoms with E-state index < -0.39 is 0 Å². The summed E-state index contributed by atoms with van der Waals surface area (Å²) in [6, 6.07) is 4.29. The number of likely N-dealkylation sites (N-methyl/N-ethyl adjacent to an activating group) is 1. The van der Waals surface area contributed by atoms with Gasteiger partial charge in [-0.1, -0.05) is 0 Å². The molecule has 2 rings (SSSR count). The lowest BCUT2D eigenvalue weighted by molar-refractivity contribution is 0.410. The Labute approximate surface area is 102 Å². The van der Waals surface area contributed by atoms with Crippen LogP contribution in [0.25, 0.3) is 0 Å². The smallest absolute Gasteiger partial charge is 0.148 e. The van der Waals surface area contributed by atoms with Gasteiger partial charge in [-0.3, -0.25) is 0 Å². The molecule has 0 radical (unpaired) electrons. The molecule has 1 fully saturated rings. The number of hydrogen-bond acceptors (Lipinski definition) is 5. The van der Waals surface area contributed by atoms with Gasteiger partial charge < -0.3 is 16.0 Å². The molecule has 0 amide bonds. The van der Waals surface area contributed by atoms with Gasteiger partial charge in [0.1, 0.15) is 5.82 Å². The quantitative estimate of drug-likeness (QED) is 0.802. The van der Waals surface area contributed by atoms with Crippen molar-refractivity contribution in [3.63, 3.8) is 0 Å². The lowest BCUT2D eigenvalue weighted by atomic mass is 10.1. The predicted octanol–water partition coefficient (Wildman–Crippen LogP) is 0.655. The summed E-state index contributed by atoms with van der Waals surface area (Å²) >= 11 is 0. The van der Waals surface area contributed by atoms with Crippen LogP contribution in [0.4, 0.5) is 5.82 Å². The normalized spacial score (nSPS) is 22.6. The Balaban J connectivity index is 1.98. The van der Waals surface area contributed by atoms with Gasteiger partial charge in [0.15, 0.2) is 0 Å². The summed E-state index contributed by atoms with van der Waals surface area (Å²) in [4.78, 5) is 2.33. The second-order valence-corrected chi connectivity index (χ2v) is 4.87. The number of likely N-dealkylation sites (tertiary alicyclic amines) is 1. The molecule has 1 aliphatic rings. The van der Waals surface area contributed by atoms with E-state index in [0.29, 0.717) is 12.5 Å². The standard InChI is InChI=1S/C12H21N5/c1-9(7-13)14-12-4-3-11(15-16-12)10-5-6-17(2)8-10/h3-4,9-10H,5-8,13H2,1-2H3,(H,14,16). The van der Waals surface area contributed by atoms with Crippen LogP contribution in [0.2, 0.25) is 0 Å². The van der Waals surface area contributed by atoms with Gasteiger partial charge in [-0.05, 0) is 39.1 Å². The van der Waals surface area contributed by atoms with Gasteiger partial charge in [0.2, 0.25) is 0 Å². The molecule has 2 heterocycles. The zero-order valence-corrected chi connectivity index (χ0v) is 10.6. The van der Waals surface area contributed by atoms with Crippen LogP contribution in [0, 0.1) is 0 Å². The maximum atomic E-state index is 5.55. The van der Waals surface area contributed by atoms with Crippen molar-refractivity contribution in [2.75, 3.05) is 32.0 Å². The van der Waals surface area contributed by atoms with Crippen LogP contribution in [0.3, 0.4) is 0 Å². The summed E-state index contributed by atoms with van der Waals surface area (Å²) < 4.78 is 0. The van der Waals surface area contributed by atoms with E-state index in [2.05, 4.69) is 33.5 Å². The third-order valence-corrected chi connectivity index (χ3v) is 3.24. The number of rotatable bonds is 4. The molecule has 94 valence electrons. The van der Waals surface area contributed by atoms with Crippen LogP contribution in [-0.2, 0) is 0 Å². The van der Waals surface area contributed by atoms with E-state index >= 15 is 0 Å². The Bertz CT molecular complexity index is 350. The number of aromatic nitrogens is 2. The maximum Gasteiger partial charge on any atom is 0.148 e. The second kappa shape index (κ2) is 5.42. The first kappa shape index (κ1) is 12.3. The van der Waals surface area contributed by atoms with Crippen LogP contribution >= 0.6 is 0 Å². The molecule has 17 heavy (non-hydrogen) atoms. The van der Waals surface area contributed by atoms with E-state index in [0.717, 1.165) is 24.6 Å². The van der Waals surface area contributed by atoms with Crippen LogP contribution in [0.15, 0.2) is 12.1 Å². The fourth-order valence-corrected chi connectivity index (χ4v) is 2.13. The van der Waals surface area contributed by atoms with Gasteiger partial charge in [0, 0.05) is 25.0 Å². The van der Waals surface area contributed by atoms with Gasteiger partial charge in [-0.25, -0.2) is 0 Å². The van der Waals surface area contributed by atoms with Crippen molar-refractivity contribution in [3.8, 4) is 0 Å². The lowest BCUT2D eigenvalue weighted by Gasteiger charge is -2.13. The molecule has 1 aliphatic heterocycles. The average Bonchev–Trinajstić information content (AvgIpc) is 2.77. The van der Waals surface area contributed by atoms with Crippen molar-refractivity contribution in [3.05, 3.63) is 17.8 Å². The molecule has 2 unspecified atom stereocenters. The summed E-state index contributed by atoms with van der Waals surface area (Å²) in [7, 11) is 2.15. The molecule has 0 saturated carbocycles. The molecular weight excluding hydrogens is 214 g/mol. The van der Waals surface area contributed by atoms with Crippen molar-refractivity contribution in [1.82, 2.24) is 15.1 Å². The molecule has 5 heteroatoms. The summed E-state index contributed by atoms with van der Waals surface area (Å²) in [6.45, 7) is 4.86. The van der Waals surface area contributed by atoms with E-state index in [-0.39, 0.29) is 6.04 Å². The van der Waals surface area contributed by atoms with E-state index in [4.69, 9.17) is 5.73 Å². The fraction of sp³-hybridized carbons (Fsp3) is 0.667. The third-order valence-electron chi connectivity index (χ3n) is 3.24. The second-order valence-electron chi connectivity index (χ2n) is 4.87. The van der Waals surface area contributed by atoms with E-state index in [1.807, 2.05) is 13.0 Å². The SMILES string of the molecule is CC(CN)Nc1ccc(C2CCN(C)C2)nn1. The number of nitrogens with two attached hydrogens (primary N) is 1. The average molecular weight is 235 g/mol. The van der Waals surface area contributed by atoms with E-state index in [1.54, 1.807) is 0 Å². The summed E-state index contributed by atoms with van der Waals surface area (Å²) in [5.74, 6) is 1.34. The molecule has 0 bridgehead atoms. The number of nitrogens with zero attached hydrogens (tertiary/aromatic N) is 3. The minimum Gasteiger partial charge on any atom is -0.365 e. The Morgan fingerprint density at radius 1 is 1.53 bits per heavy atom. The summed E-state index contributed by atoms with van der Waals surface area (Å²) in [5, 5.41) is 11.7. The van der Waals surface area contributed by atoms with Gasteiger partial charge in [-0.15, -0.1) is 5.10 Å². The molecule has 1 aromatic heterocycles. The van der Waals surface area contributed by atoms with Crippen LogP contribution in [0.5, 0.6) is 0 Å². The molecule has 0 aromatic carbocycles. The minimum absolute atomic E-state index is 0.229. The van der Waals surface area contributed by atoms with Crippen LogP contribution in [0.1, 0.15) is 25.0 Å². The molecule has 2 atom stereocenters. The highest BCUT2D eigenvalue weighted by atomic mass is 15.2. The molecular formula is C12H21N5. The van der Waals surface area contributed by atoms with Crippen molar-refractivity contribution < 1.29 is 0 Å². The predicted molar refractivity (Wildman–Crippen MR) is 69.0 cm³/mol. The zero-order chi connectivity index (χ0) is 12.3. The van der Waals surface area contributed by atoms with Crippen molar-refractivity contribution in [2.45, 2.75) is 25.3 Å². The number of hydrogen-bond donors (Lipinski definition) is 2. The topological polar surface area (TPSA) is 67.1 Å². The molecule has 0 spiro atoms. The Morgan fingerprint density at radius 2 is 2.35 bits per heavy atom. The van der Waals surface area contributed by atoms with Gasteiger partial charge in [0.05, 0.1) is 5.69 Å². The van der Waals surface area contributed by atoms with E-state index in [9.17, 15) is 0 Å². The number of nitrogens with one attached hydrogen (secondary N) is 1. The molecule has 0 aliphatic carbocycles. The first-order chi connectivity index (χ1) is 8.19. The minimum atomic E-state index is 0.229. The Morgan fingerprint density at radius 3 is 2.88 bits per heavy atom. The maximum absolute atomic E-state index is 5.55. The Hall–Kier alpha value is -1.20. The largest absolute Gasteiger partial charge is 0.365 e. The molecule has 1 aromatic rings. The van der Waals surface area contributed by atoms with Gasteiger partial charge in [-0.2, -0.15) is 5.10 Å². The molecule has 1 saturated heterocycles. The van der Waals surface area contributed by atoms with Crippen molar-refractivity contribution in [2.24, 2.45) is 5.73 Å². The Kier molecular flexibility index (Phi) is 3.91. The third kappa shape index (κ3) is 3.14. The molecule has 3 N–H and O–H groups in total.